The largest absolute Gasteiger partial charge is 0.317 e. The van der Waals surface area contributed by atoms with Gasteiger partial charge in [0.05, 0.1) is 22.8 Å². The maximum Gasteiger partial charge on any atom is 0.0795 e. The predicted molar refractivity (Wildman–Crippen MR) is 308 cm³/mol. The first kappa shape index (κ1) is 44.3. The van der Waals surface area contributed by atoms with Gasteiger partial charge in [-0.1, -0.05) is 170 Å². The second-order valence-electron chi connectivity index (χ2n) is 18.9. The van der Waals surface area contributed by atoms with Crippen molar-refractivity contribution in [1.82, 2.24) is 9.13 Å². The molecule has 0 unspecified atom stereocenters. The Morgan fingerprint density at radius 1 is 0.257 bits per heavy atom. The molecule has 4 nitrogen and oxygen atoms in total. The van der Waals surface area contributed by atoms with Crippen molar-refractivity contribution in [2.75, 3.05) is 9.80 Å². The monoisotopic (exact) mass is 948 g/mol. The van der Waals surface area contributed by atoms with E-state index in [2.05, 4.69) is 312 Å². The Hall–Kier alpha value is -9.64. The molecule has 352 valence electrons. The van der Waals surface area contributed by atoms with Gasteiger partial charge >= 0.3 is 0 Å². The Kier molecular flexibility index (Phi) is 11.3. The van der Waals surface area contributed by atoms with Crippen LogP contribution in [0, 0.1) is 13.8 Å². The molecule has 2 aliphatic rings. The lowest BCUT2D eigenvalue weighted by Crippen LogP contribution is -2.25. The molecule has 0 saturated carbocycles. The second kappa shape index (κ2) is 18.8. The van der Waals surface area contributed by atoms with E-state index in [4.69, 9.17) is 0 Å². The van der Waals surface area contributed by atoms with Crippen LogP contribution in [-0.4, -0.2) is 9.13 Å². The fourth-order valence-electron chi connectivity index (χ4n) is 11.6. The van der Waals surface area contributed by atoms with Crippen molar-refractivity contribution >= 4 is 39.5 Å². The van der Waals surface area contributed by atoms with Crippen LogP contribution in [0.2, 0.25) is 0 Å². The minimum absolute atomic E-state index is 1.06. The Labute approximate surface area is 433 Å². The highest BCUT2D eigenvalue weighted by atomic mass is 15.2. The highest BCUT2D eigenvalue weighted by molar-refractivity contribution is 6.25. The average molecular weight is 949 g/mol. The molecule has 11 aromatic rings. The minimum Gasteiger partial charge on any atom is -0.317 e. The van der Waals surface area contributed by atoms with Crippen molar-refractivity contribution in [3.05, 3.63) is 330 Å². The first-order chi connectivity index (χ1) is 36.7. The lowest BCUT2D eigenvalue weighted by Gasteiger charge is -2.34. The molecule has 0 amide bonds. The fraction of sp³-hybridized carbons (Fsp3) is 0.0286. The maximum atomic E-state index is 2.52. The molecule has 2 aliphatic carbocycles. The van der Waals surface area contributed by atoms with Gasteiger partial charge in [-0.05, 0) is 150 Å². The van der Waals surface area contributed by atoms with E-state index in [-0.39, 0.29) is 0 Å². The summed E-state index contributed by atoms with van der Waals surface area (Å²) in [6, 6.07) is 96.4. The third-order valence-electron chi connectivity index (χ3n) is 14.7. The zero-order valence-electron chi connectivity index (χ0n) is 41.3. The summed E-state index contributed by atoms with van der Waals surface area (Å²) in [4.78, 5) is 5.02. The van der Waals surface area contributed by atoms with Gasteiger partial charge < -0.3 is 18.9 Å². The smallest absolute Gasteiger partial charge is 0.0795 e. The van der Waals surface area contributed by atoms with Crippen molar-refractivity contribution in [3.63, 3.8) is 0 Å². The molecular weight excluding hydrogens is 897 g/mol. The number of rotatable bonds is 12. The molecule has 0 saturated heterocycles. The van der Waals surface area contributed by atoms with Crippen molar-refractivity contribution in [2.24, 2.45) is 0 Å². The van der Waals surface area contributed by atoms with Crippen LogP contribution in [0.25, 0.3) is 50.6 Å². The number of allylic oxidation sites excluding steroid dienone is 2. The number of nitrogens with zero attached hydrogens (tertiary/aromatic N) is 4. The molecular formula is C70H52N4. The zero-order valence-corrected chi connectivity index (χ0v) is 41.3. The number of hydrogen-bond acceptors (Lipinski definition) is 2. The van der Waals surface area contributed by atoms with Gasteiger partial charge in [0.15, 0.2) is 0 Å². The van der Waals surface area contributed by atoms with Crippen LogP contribution in [0.5, 0.6) is 0 Å². The summed E-state index contributed by atoms with van der Waals surface area (Å²) >= 11 is 0. The van der Waals surface area contributed by atoms with Crippen LogP contribution in [0.15, 0.2) is 296 Å². The number of hydrogen-bond donors (Lipinski definition) is 0. The number of benzene rings is 9. The van der Waals surface area contributed by atoms with Gasteiger partial charge in [0, 0.05) is 74.4 Å². The first-order valence-electron chi connectivity index (χ1n) is 25.4. The van der Waals surface area contributed by atoms with E-state index in [0.717, 1.165) is 68.0 Å². The molecule has 13 rings (SSSR count). The molecule has 0 spiro atoms. The molecule has 0 radical (unpaired) electrons. The van der Waals surface area contributed by atoms with Crippen molar-refractivity contribution in [1.29, 1.82) is 0 Å². The molecule has 9 aromatic carbocycles. The van der Waals surface area contributed by atoms with Gasteiger partial charge in [0.25, 0.3) is 0 Å². The molecule has 0 fully saturated rings. The molecule has 4 heteroatoms. The standard InChI is InChI=1S/C70H52N4/c1-49-61(59-45-27-47-71(59)53-33-15-5-16-34-53)62(60-46-28-48-72(60)54-35-17-6-18-36-54)50(2)64-63(49)65(51-29-11-3-12-30-51)68-67(64)66(52-31-13-4-14-32-52)69(73(55-37-19-7-20-38-55)56-39-21-8-22-40-56)70(68)74(57-41-23-9-24-42-57)58-43-25-10-26-44-58/h3-48H,1-2H3. The van der Waals surface area contributed by atoms with Crippen LogP contribution in [0.3, 0.4) is 0 Å². The minimum atomic E-state index is 1.06. The van der Waals surface area contributed by atoms with Crippen LogP contribution < -0.4 is 9.80 Å². The van der Waals surface area contributed by atoms with Gasteiger partial charge in [-0.25, -0.2) is 0 Å². The van der Waals surface area contributed by atoms with Gasteiger partial charge in [-0.2, -0.15) is 0 Å². The van der Waals surface area contributed by atoms with Crippen LogP contribution in [0.1, 0.15) is 33.4 Å². The topological polar surface area (TPSA) is 16.3 Å². The highest BCUT2D eigenvalue weighted by Crippen LogP contribution is 2.63. The van der Waals surface area contributed by atoms with Crippen molar-refractivity contribution in [2.45, 2.75) is 13.8 Å². The van der Waals surface area contributed by atoms with Gasteiger partial charge in [0.2, 0.25) is 0 Å². The lowest BCUT2D eigenvalue weighted by molar-refractivity contribution is 1.07. The number of aromatic nitrogens is 2. The van der Waals surface area contributed by atoms with Gasteiger partial charge in [0.1, 0.15) is 0 Å². The molecule has 74 heavy (non-hydrogen) atoms. The summed E-state index contributed by atoms with van der Waals surface area (Å²) < 4.78 is 4.73. The summed E-state index contributed by atoms with van der Waals surface area (Å²) in [6.45, 7) is 4.76. The normalized spacial score (nSPS) is 12.8. The molecule has 0 atom stereocenters. The van der Waals surface area contributed by atoms with E-state index in [0.29, 0.717) is 0 Å². The maximum absolute atomic E-state index is 2.52. The van der Waals surface area contributed by atoms with Crippen molar-refractivity contribution in [3.8, 4) is 33.9 Å². The average Bonchev–Trinajstić information content (AvgIpc) is 4.31. The number of fused-ring (bicyclic) bond motifs is 3. The first-order valence-corrected chi connectivity index (χ1v) is 25.4. The summed E-state index contributed by atoms with van der Waals surface area (Å²) in [6.07, 6.45) is 4.42. The highest BCUT2D eigenvalue weighted by Gasteiger charge is 2.46. The summed E-state index contributed by atoms with van der Waals surface area (Å²) in [5.74, 6) is 0. The van der Waals surface area contributed by atoms with Crippen LogP contribution in [-0.2, 0) is 0 Å². The zero-order chi connectivity index (χ0) is 49.5. The third-order valence-corrected chi connectivity index (χ3v) is 14.7. The van der Waals surface area contributed by atoms with E-state index in [1.807, 2.05) is 0 Å². The number of anilines is 4. The van der Waals surface area contributed by atoms with Crippen LogP contribution in [0.4, 0.5) is 22.7 Å². The third kappa shape index (κ3) is 7.38. The van der Waals surface area contributed by atoms with E-state index in [1.54, 1.807) is 0 Å². The number of para-hydroxylation sites is 6. The van der Waals surface area contributed by atoms with E-state index in [9.17, 15) is 0 Å². The summed E-state index contributed by atoms with van der Waals surface area (Å²) in [5.41, 5.74) is 25.3. The molecule has 0 aliphatic heterocycles. The molecule has 2 heterocycles. The SMILES string of the molecule is Cc1c2c(c(C)c(-c3cccn3-c3ccccc3)c1-c1cccn1-c1ccccc1)C(c1ccccc1)=C1C2=C(c2ccccc2)C(N(c2ccccc2)c2ccccc2)=C1N(c1ccccc1)c1ccccc1. The lowest BCUT2D eigenvalue weighted by atomic mass is 9.81. The summed E-state index contributed by atoms with van der Waals surface area (Å²) in [7, 11) is 0. The van der Waals surface area contributed by atoms with Crippen molar-refractivity contribution < 1.29 is 0 Å². The summed E-state index contributed by atoms with van der Waals surface area (Å²) in [5, 5.41) is 0. The Balaban J connectivity index is 1.26. The second-order valence-corrected chi connectivity index (χ2v) is 18.9. The predicted octanol–water partition coefficient (Wildman–Crippen LogP) is 17.8. The van der Waals surface area contributed by atoms with E-state index in [1.165, 1.54) is 55.7 Å². The Bertz CT molecular complexity index is 3830. The van der Waals surface area contributed by atoms with E-state index < -0.39 is 0 Å². The fourth-order valence-corrected chi connectivity index (χ4v) is 11.6. The Morgan fingerprint density at radius 3 is 0.919 bits per heavy atom. The van der Waals surface area contributed by atoms with E-state index >= 15 is 0 Å². The van der Waals surface area contributed by atoms with Gasteiger partial charge in [-0.15, -0.1) is 0 Å². The Morgan fingerprint density at radius 2 is 0.554 bits per heavy atom. The quantitative estimate of drug-likeness (QED) is 0.121. The molecule has 0 bridgehead atoms. The molecule has 0 N–H and O–H groups in total. The van der Waals surface area contributed by atoms with Crippen LogP contribution >= 0.6 is 0 Å². The van der Waals surface area contributed by atoms with Gasteiger partial charge in [-0.3, -0.25) is 0 Å². The molecule has 2 aromatic heterocycles.